The second-order valence-corrected chi connectivity index (χ2v) is 7.34. The van der Waals surface area contributed by atoms with Gasteiger partial charge in [-0.15, -0.1) is 0 Å². The van der Waals surface area contributed by atoms with Crippen molar-refractivity contribution in [2.75, 3.05) is 18.4 Å². The number of carbonyl (C=O) groups excluding carboxylic acids is 1. The molecule has 27 heavy (non-hydrogen) atoms. The minimum absolute atomic E-state index is 0.0177. The van der Waals surface area contributed by atoms with Gasteiger partial charge in [-0.25, -0.2) is 0 Å². The van der Waals surface area contributed by atoms with Gasteiger partial charge in [0.15, 0.2) is 0 Å². The van der Waals surface area contributed by atoms with Crippen LogP contribution in [0.4, 0.5) is 5.69 Å². The maximum atomic E-state index is 12.6. The SMILES string of the molecule is CCCCn1nc(C)c(/C=C/C(=O)N2CCC(Nc3ccccc3)C2)c1Cl. The van der Waals surface area contributed by atoms with Crippen LogP contribution in [0.5, 0.6) is 0 Å². The fraction of sp³-hybridized carbons (Fsp3) is 0.429. The number of benzene rings is 1. The summed E-state index contributed by atoms with van der Waals surface area (Å²) in [5.74, 6) is 0.0177. The van der Waals surface area contributed by atoms with Gasteiger partial charge in [-0.2, -0.15) is 5.10 Å². The molecule has 2 heterocycles. The van der Waals surface area contributed by atoms with Crippen LogP contribution in [-0.2, 0) is 11.3 Å². The summed E-state index contributed by atoms with van der Waals surface area (Å²) in [6.07, 6.45) is 6.49. The van der Waals surface area contributed by atoms with E-state index in [1.807, 2.05) is 46.8 Å². The zero-order valence-electron chi connectivity index (χ0n) is 16.0. The Morgan fingerprint density at radius 1 is 1.37 bits per heavy atom. The fourth-order valence-corrected chi connectivity index (χ4v) is 3.64. The number of carbonyl (C=O) groups is 1. The first-order valence-corrected chi connectivity index (χ1v) is 9.97. The lowest BCUT2D eigenvalue weighted by Gasteiger charge is -2.16. The van der Waals surface area contributed by atoms with E-state index in [2.05, 4.69) is 17.3 Å². The van der Waals surface area contributed by atoms with Gasteiger partial charge in [-0.1, -0.05) is 43.1 Å². The molecule has 144 valence electrons. The number of para-hydroxylation sites is 1. The van der Waals surface area contributed by atoms with E-state index in [0.29, 0.717) is 11.7 Å². The molecule has 0 radical (unpaired) electrons. The molecule has 1 fully saturated rings. The first kappa shape index (κ1) is 19.5. The summed E-state index contributed by atoms with van der Waals surface area (Å²) in [6, 6.07) is 10.4. The van der Waals surface area contributed by atoms with Gasteiger partial charge >= 0.3 is 0 Å². The zero-order valence-corrected chi connectivity index (χ0v) is 16.7. The van der Waals surface area contributed by atoms with Crippen molar-refractivity contribution >= 4 is 29.3 Å². The highest BCUT2D eigenvalue weighted by atomic mass is 35.5. The number of amides is 1. The zero-order chi connectivity index (χ0) is 19.2. The van der Waals surface area contributed by atoms with E-state index in [-0.39, 0.29) is 11.9 Å². The smallest absolute Gasteiger partial charge is 0.246 e. The Balaban J connectivity index is 1.58. The van der Waals surface area contributed by atoms with Gasteiger partial charge in [0.05, 0.1) is 5.69 Å². The maximum Gasteiger partial charge on any atom is 0.246 e. The van der Waals surface area contributed by atoms with Crippen LogP contribution in [-0.4, -0.2) is 39.7 Å². The second kappa shape index (κ2) is 9.09. The number of rotatable bonds is 7. The van der Waals surface area contributed by atoms with Crippen LogP contribution >= 0.6 is 11.6 Å². The van der Waals surface area contributed by atoms with E-state index in [1.54, 1.807) is 12.2 Å². The first-order valence-electron chi connectivity index (χ1n) is 9.60. The molecule has 2 aromatic rings. The molecule has 0 saturated carbocycles. The normalized spacial score (nSPS) is 17.0. The van der Waals surface area contributed by atoms with Crippen LogP contribution in [0.15, 0.2) is 36.4 Å². The Morgan fingerprint density at radius 3 is 2.89 bits per heavy atom. The number of nitrogens with zero attached hydrogens (tertiary/aromatic N) is 3. The number of halogens is 1. The molecule has 3 rings (SSSR count). The van der Waals surface area contributed by atoms with Crippen molar-refractivity contribution in [3.8, 4) is 0 Å². The van der Waals surface area contributed by atoms with Gasteiger partial charge in [0.25, 0.3) is 0 Å². The first-order chi connectivity index (χ1) is 13.1. The van der Waals surface area contributed by atoms with E-state index in [0.717, 1.165) is 49.3 Å². The topological polar surface area (TPSA) is 50.2 Å². The number of unbranched alkanes of at least 4 members (excludes halogenated alkanes) is 1. The van der Waals surface area contributed by atoms with Crippen LogP contribution < -0.4 is 5.32 Å². The predicted octanol–water partition coefficient (Wildman–Crippen LogP) is 4.37. The van der Waals surface area contributed by atoms with Crippen molar-refractivity contribution < 1.29 is 4.79 Å². The molecule has 1 unspecified atom stereocenters. The number of aryl methyl sites for hydroxylation is 2. The second-order valence-electron chi connectivity index (χ2n) is 6.98. The summed E-state index contributed by atoms with van der Waals surface area (Å²) < 4.78 is 1.82. The molecular weight excluding hydrogens is 360 g/mol. The molecule has 0 spiro atoms. The minimum Gasteiger partial charge on any atom is -0.380 e. The lowest BCUT2D eigenvalue weighted by atomic mass is 10.2. The van der Waals surface area contributed by atoms with Crippen molar-refractivity contribution in [1.82, 2.24) is 14.7 Å². The molecular formula is C21H27ClN4O. The number of nitrogens with one attached hydrogen (secondary N) is 1. The summed E-state index contributed by atoms with van der Waals surface area (Å²) >= 11 is 6.44. The van der Waals surface area contributed by atoms with Crippen LogP contribution in [0.2, 0.25) is 5.15 Å². The van der Waals surface area contributed by atoms with Crippen molar-refractivity contribution in [1.29, 1.82) is 0 Å². The monoisotopic (exact) mass is 386 g/mol. The van der Waals surface area contributed by atoms with Crippen molar-refractivity contribution in [3.63, 3.8) is 0 Å². The van der Waals surface area contributed by atoms with Crippen LogP contribution in [0.3, 0.4) is 0 Å². The standard InChI is InChI=1S/C21H27ClN4O/c1-3-4-13-26-21(22)19(16(2)24-26)10-11-20(27)25-14-12-18(15-25)23-17-8-6-5-7-9-17/h5-11,18,23H,3-4,12-15H2,1-2H3/b11-10+. The summed E-state index contributed by atoms with van der Waals surface area (Å²) in [6.45, 7) is 6.33. The summed E-state index contributed by atoms with van der Waals surface area (Å²) in [5.41, 5.74) is 2.78. The minimum atomic E-state index is 0.0177. The predicted molar refractivity (Wildman–Crippen MR) is 111 cm³/mol. The Morgan fingerprint density at radius 2 is 2.15 bits per heavy atom. The van der Waals surface area contributed by atoms with Gasteiger partial charge in [0.1, 0.15) is 5.15 Å². The summed E-state index contributed by atoms with van der Waals surface area (Å²) in [5, 5.41) is 8.58. The van der Waals surface area contributed by atoms with Gasteiger partial charge in [-0.05, 0) is 38.0 Å². The third kappa shape index (κ3) is 4.92. The Hall–Kier alpha value is -2.27. The van der Waals surface area contributed by atoms with E-state index in [1.165, 1.54) is 0 Å². The van der Waals surface area contributed by atoms with Crippen molar-refractivity contribution in [2.24, 2.45) is 0 Å². The third-order valence-electron chi connectivity index (χ3n) is 4.87. The lowest BCUT2D eigenvalue weighted by Crippen LogP contribution is -2.30. The third-order valence-corrected chi connectivity index (χ3v) is 5.27. The average molecular weight is 387 g/mol. The van der Waals surface area contributed by atoms with Crippen LogP contribution in [0.25, 0.3) is 6.08 Å². The Labute approximate surface area is 166 Å². The van der Waals surface area contributed by atoms with E-state index >= 15 is 0 Å². The molecule has 1 aliphatic rings. The fourth-order valence-electron chi connectivity index (χ4n) is 3.32. The number of anilines is 1. The Bertz CT molecular complexity index is 800. The van der Waals surface area contributed by atoms with Gasteiger partial charge in [-0.3, -0.25) is 9.48 Å². The average Bonchev–Trinajstić information content (AvgIpc) is 3.24. The highest BCUT2D eigenvalue weighted by molar-refractivity contribution is 6.31. The molecule has 1 saturated heterocycles. The van der Waals surface area contributed by atoms with E-state index in [4.69, 9.17) is 11.6 Å². The summed E-state index contributed by atoms with van der Waals surface area (Å²) in [7, 11) is 0. The molecule has 1 atom stereocenters. The van der Waals surface area contributed by atoms with Crippen LogP contribution in [0.1, 0.15) is 37.4 Å². The highest BCUT2D eigenvalue weighted by Crippen LogP contribution is 2.22. The molecule has 1 aliphatic heterocycles. The molecule has 6 heteroatoms. The molecule has 1 amide bonds. The van der Waals surface area contributed by atoms with Gasteiger partial charge < -0.3 is 10.2 Å². The molecule has 1 aromatic heterocycles. The maximum absolute atomic E-state index is 12.6. The van der Waals surface area contributed by atoms with Gasteiger partial charge in [0, 0.05) is 43.0 Å². The van der Waals surface area contributed by atoms with Crippen LogP contribution in [0, 0.1) is 6.92 Å². The number of likely N-dealkylation sites (tertiary alicyclic amines) is 1. The van der Waals surface area contributed by atoms with Gasteiger partial charge in [0.2, 0.25) is 5.91 Å². The molecule has 1 aromatic carbocycles. The molecule has 1 N–H and O–H groups in total. The van der Waals surface area contributed by atoms with Crippen molar-refractivity contribution in [2.45, 2.75) is 45.7 Å². The highest BCUT2D eigenvalue weighted by Gasteiger charge is 2.25. The number of aromatic nitrogens is 2. The quantitative estimate of drug-likeness (QED) is 0.719. The summed E-state index contributed by atoms with van der Waals surface area (Å²) in [4.78, 5) is 14.4. The van der Waals surface area contributed by atoms with Crippen molar-refractivity contribution in [3.05, 3.63) is 52.8 Å². The number of hydrogen-bond acceptors (Lipinski definition) is 3. The molecule has 5 nitrogen and oxygen atoms in total. The van der Waals surface area contributed by atoms with E-state index < -0.39 is 0 Å². The lowest BCUT2D eigenvalue weighted by molar-refractivity contribution is -0.124. The Kier molecular flexibility index (Phi) is 6.56. The largest absolute Gasteiger partial charge is 0.380 e. The molecule has 0 aliphatic carbocycles. The number of hydrogen-bond donors (Lipinski definition) is 1. The van der Waals surface area contributed by atoms with E-state index in [9.17, 15) is 4.79 Å². The molecule has 0 bridgehead atoms.